The Morgan fingerprint density at radius 2 is 2.29 bits per heavy atom. The number of amides is 2. The molecule has 2 heterocycles. The van der Waals surface area contributed by atoms with Crippen LogP contribution in [0.15, 0.2) is 27.6 Å². The van der Waals surface area contributed by atoms with Gasteiger partial charge in [-0.2, -0.15) is 0 Å². The third kappa shape index (κ3) is 4.42. The van der Waals surface area contributed by atoms with Crippen molar-refractivity contribution in [2.75, 3.05) is 17.6 Å². The van der Waals surface area contributed by atoms with Crippen LogP contribution in [0.4, 0.5) is 5.13 Å². The maximum Gasteiger partial charge on any atom is 0.279 e. The first-order chi connectivity index (χ1) is 11.7. The van der Waals surface area contributed by atoms with Crippen LogP contribution in [0.25, 0.3) is 0 Å². The zero-order valence-electron chi connectivity index (χ0n) is 12.7. The van der Waals surface area contributed by atoms with E-state index >= 15 is 0 Å². The highest BCUT2D eigenvalue weighted by Crippen LogP contribution is 2.40. The lowest BCUT2D eigenvalue weighted by Gasteiger charge is -1.99. The molecule has 0 unspecified atom stereocenters. The smallest absolute Gasteiger partial charge is 0.279 e. The van der Waals surface area contributed by atoms with E-state index in [1.54, 1.807) is 12.1 Å². The summed E-state index contributed by atoms with van der Waals surface area (Å²) < 4.78 is 5.75. The van der Waals surface area contributed by atoms with Crippen molar-refractivity contribution in [3.8, 4) is 0 Å². The van der Waals surface area contributed by atoms with Gasteiger partial charge in [-0.3, -0.25) is 14.9 Å². The Labute approximate surface area is 146 Å². The average molecular weight is 365 g/mol. The highest BCUT2D eigenvalue weighted by atomic mass is 32.2. The molecule has 2 aromatic rings. The number of aromatic nitrogens is 3. The highest BCUT2D eigenvalue weighted by molar-refractivity contribution is 8.01. The fourth-order valence-corrected chi connectivity index (χ4v) is 3.38. The summed E-state index contributed by atoms with van der Waals surface area (Å²) in [7, 11) is 0. The molecule has 10 heteroatoms. The Balaban J connectivity index is 1.50. The van der Waals surface area contributed by atoms with Gasteiger partial charge >= 0.3 is 0 Å². The lowest BCUT2D eigenvalue weighted by Crippen LogP contribution is -2.24. The Morgan fingerprint density at radius 1 is 1.46 bits per heavy atom. The minimum Gasteiger partial charge on any atom is -0.360 e. The summed E-state index contributed by atoms with van der Waals surface area (Å²) in [6.45, 7) is 3.96. The predicted molar refractivity (Wildman–Crippen MR) is 90.3 cm³/mol. The third-order valence-corrected chi connectivity index (χ3v) is 5.11. The number of carbonyl (C=O) groups excluding carboxylic acids is 2. The van der Waals surface area contributed by atoms with Crippen LogP contribution in [-0.2, 0) is 4.79 Å². The van der Waals surface area contributed by atoms with Crippen LogP contribution >= 0.6 is 23.1 Å². The van der Waals surface area contributed by atoms with Crippen molar-refractivity contribution in [2.45, 2.75) is 23.1 Å². The predicted octanol–water partition coefficient (Wildman–Crippen LogP) is 2.05. The summed E-state index contributed by atoms with van der Waals surface area (Å²) in [6.07, 6.45) is 3.76. The van der Waals surface area contributed by atoms with Gasteiger partial charge in [0, 0.05) is 18.5 Å². The van der Waals surface area contributed by atoms with Crippen molar-refractivity contribution >= 4 is 40.0 Å². The zero-order valence-corrected chi connectivity index (χ0v) is 14.3. The topological polar surface area (TPSA) is 110 Å². The lowest BCUT2D eigenvalue weighted by molar-refractivity contribution is -0.118. The van der Waals surface area contributed by atoms with E-state index in [2.05, 4.69) is 32.6 Å². The summed E-state index contributed by atoms with van der Waals surface area (Å²) in [4.78, 5) is 23.6. The summed E-state index contributed by atoms with van der Waals surface area (Å²) in [5, 5.41) is 17.2. The monoisotopic (exact) mass is 365 g/mol. The van der Waals surface area contributed by atoms with Gasteiger partial charge < -0.3 is 9.84 Å². The van der Waals surface area contributed by atoms with Crippen molar-refractivity contribution in [2.24, 2.45) is 0 Å². The number of carbonyl (C=O) groups is 2. The van der Waals surface area contributed by atoms with Crippen LogP contribution in [0.2, 0.25) is 0 Å². The molecular weight excluding hydrogens is 350 g/mol. The third-order valence-electron chi connectivity index (χ3n) is 3.14. The zero-order chi connectivity index (χ0) is 16.9. The fraction of sp³-hybridized carbons (Fsp3) is 0.357. The van der Waals surface area contributed by atoms with E-state index in [1.165, 1.54) is 23.1 Å². The first-order valence-electron chi connectivity index (χ1n) is 7.27. The Bertz CT molecular complexity index is 753. The van der Waals surface area contributed by atoms with Gasteiger partial charge in [-0.15, -0.1) is 16.8 Å². The van der Waals surface area contributed by atoms with Gasteiger partial charge in [0.2, 0.25) is 11.0 Å². The molecule has 1 aliphatic carbocycles. The summed E-state index contributed by atoms with van der Waals surface area (Å²) >= 11 is 2.45. The normalized spacial score (nSPS) is 13.5. The van der Waals surface area contributed by atoms with E-state index in [9.17, 15) is 9.59 Å². The molecular formula is C14H15N5O3S2. The second-order valence-electron chi connectivity index (χ2n) is 5.10. The number of nitrogens with zero attached hydrogens (tertiary/aromatic N) is 3. The molecule has 1 fully saturated rings. The Morgan fingerprint density at radius 3 is 3.04 bits per heavy atom. The van der Waals surface area contributed by atoms with E-state index in [0.29, 0.717) is 21.9 Å². The lowest BCUT2D eigenvalue weighted by atomic mass is 10.3. The second kappa shape index (κ2) is 7.58. The molecule has 2 aromatic heterocycles. The molecule has 3 rings (SSSR count). The number of nitrogens with one attached hydrogen (secondary N) is 2. The number of thioether (sulfide) groups is 1. The van der Waals surface area contributed by atoms with Crippen molar-refractivity contribution in [1.82, 2.24) is 20.7 Å². The minimum atomic E-state index is -0.387. The standard InChI is InChI=1S/C14H15N5O3S2/c1-2-5-15-11(20)7-23-14-18-17-13(24-14)16-12(21)9-6-10(22-19-9)8-3-4-8/h2,6,8H,1,3-5,7H2,(H,15,20)(H,16,17,21). The van der Waals surface area contributed by atoms with Gasteiger partial charge in [0.15, 0.2) is 10.0 Å². The molecule has 1 aliphatic rings. The van der Waals surface area contributed by atoms with Crippen molar-refractivity contribution < 1.29 is 14.1 Å². The van der Waals surface area contributed by atoms with Gasteiger partial charge in [0.1, 0.15) is 5.76 Å². The van der Waals surface area contributed by atoms with Gasteiger partial charge in [-0.1, -0.05) is 34.3 Å². The molecule has 2 amide bonds. The van der Waals surface area contributed by atoms with Crippen LogP contribution in [-0.4, -0.2) is 39.5 Å². The average Bonchev–Trinajstić information content (AvgIpc) is 3.13. The molecule has 0 atom stereocenters. The van der Waals surface area contributed by atoms with E-state index in [4.69, 9.17) is 4.52 Å². The summed E-state index contributed by atoms with van der Waals surface area (Å²) in [5.41, 5.74) is 0.227. The van der Waals surface area contributed by atoms with E-state index in [1.807, 2.05) is 0 Å². The second-order valence-corrected chi connectivity index (χ2v) is 7.30. The molecule has 2 N–H and O–H groups in total. The number of hydrogen-bond acceptors (Lipinski definition) is 8. The van der Waals surface area contributed by atoms with Crippen molar-refractivity contribution in [3.05, 3.63) is 30.2 Å². The van der Waals surface area contributed by atoms with Crippen LogP contribution in [0.1, 0.15) is 35.0 Å². The summed E-state index contributed by atoms with van der Waals surface area (Å²) in [5.74, 6) is 0.873. The van der Waals surface area contributed by atoms with E-state index in [0.717, 1.165) is 18.6 Å². The van der Waals surface area contributed by atoms with Crippen LogP contribution in [0.5, 0.6) is 0 Å². The van der Waals surface area contributed by atoms with Gasteiger partial charge in [-0.25, -0.2) is 0 Å². The minimum absolute atomic E-state index is 0.115. The molecule has 1 saturated carbocycles. The van der Waals surface area contributed by atoms with Gasteiger partial charge in [0.25, 0.3) is 5.91 Å². The maximum atomic E-state index is 12.1. The molecule has 0 aromatic carbocycles. The largest absolute Gasteiger partial charge is 0.360 e. The van der Waals surface area contributed by atoms with E-state index in [-0.39, 0.29) is 23.3 Å². The molecule has 126 valence electrons. The summed E-state index contributed by atoms with van der Waals surface area (Å²) in [6, 6.07) is 1.66. The Kier molecular flexibility index (Phi) is 5.26. The Hall–Kier alpha value is -2.20. The number of hydrogen-bond donors (Lipinski definition) is 2. The quantitative estimate of drug-likeness (QED) is 0.418. The van der Waals surface area contributed by atoms with Crippen LogP contribution < -0.4 is 10.6 Å². The molecule has 24 heavy (non-hydrogen) atoms. The van der Waals surface area contributed by atoms with Crippen molar-refractivity contribution in [3.63, 3.8) is 0 Å². The van der Waals surface area contributed by atoms with Gasteiger partial charge in [-0.05, 0) is 12.8 Å². The van der Waals surface area contributed by atoms with E-state index < -0.39 is 0 Å². The number of rotatable bonds is 8. The van der Waals surface area contributed by atoms with Crippen LogP contribution in [0, 0.1) is 0 Å². The maximum absolute atomic E-state index is 12.1. The SMILES string of the molecule is C=CCNC(=O)CSc1nnc(NC(=O)c2cc(C3CC3)on2)s1. The number of anilines is 1. The van der Waals surface area contributed by atoms with Crippen LogP contribution in [0.3, 0.4) is 0 Å². The molecule has 0 radical (unpaired) electrons. The first-order valence-corrected chi connectivity index (χ1v) is 9.08. The van der Waals surface area contributed by atoms with Gasteiger partial charge in [0.05, 0.1) is 5.75 Å². The molecule has 8 nitrogen and oxygen atoms in total. The first kappa shape index (κ1) is 16.7. The highest BCUT2D eigenvalue weighted by Gasteiger charge is 2.29. The molecule has 0 saturated heterocycles. The fourth-order valence-electron chi connectivity index (χ4n) is 1.80. The molecule has 0 bridgehead atoms. The molecule has 0 spiro atoms. The van der Waals surface area contributed by atoms with Crippen molar-refractivity contribution in [1.29, 1.82) is 0 Å². The molecule has 0 aliphatic heterocycles.